The highest BCUT2D eigenvalue weighted by molar-refractivity contribution is 7.10. The third-order valence-corrected chi connectivity index (χ3v) is 5.47. The average Bonchev–Trinajstić information content (AvgIpc) is 3.10. The lowest BCUT2D eigenvalue weighted by atomic mass is 9.93. The Bertz CT molecular complexity index is 656. The number of carbonyl (C=O) groups excluding carboxylic acids is 1. The maximum atomic E-state index is 12.8. The summed E-state index contributed by atoms with van der Waals surface area (Å²) in [5, 5.41) is 4.23. The van der Waals surface area contributed by atoms with E-state index >= 15 is 0 Å². The molecule has 1 aliphatic rings. The fourth-order valence-corrected chi connectivity index (χ4v) is 4.20. The van der Waals surface area contributed by atoms with E-state index in [-0.39, 0.29) is 11.9 Å². The quantitative estimate of drug-likeness (QED) is 0.778. The number of amides is 1. The smallest absolute Gasteiger partial charge is 0.278 e. The topological polar surface area (TPSA) is 46.1 Å². The molecule has 128 valence electrons. The van der Waals surface area contributed by atoms with Crippen LogP contribution in [0, 0.1) is 0 Å². The minimum atomic E-state index is 0.0566. The molecule has 1 aromatic heterocycles. The zero-order valence-corrected chi connectivity index (χ0v) is 14.9. The van der Waals surface area contributed by atoms with Gasteiger partial charge in [0.1, 0.15) is 0 Å². The van der Waals surface area contributed by atoms with Crippen molar-refractivity contribution < 1.29 is 14.8 Å². The summed E-state index contributed by atoms with van der Waals surface area (Å²) in [5.41, 5.74) is 2.50. The van der Waals surface area contributed by atoms with Gasteiger partial charge in [0.2, 0.25) is 0 Å². The van der Waals surface area contributed by atoms with Gasteiger partial charge in [-0.05, 0) is 29.0 Å². The lowest BCUT2D eigenvalue weighted by Gasteiger charge is -2.36. The molecule has 1 atom stereocenters. The third kappa shape index (κ3) is 3.86. The highest BCUT2D eigenvalue weighted by Crippen LogP contribution is 2.37. The van der Waals surface area contributed by atoms with Gasteiger partial charge in [0.15, 0.2) is 6.54 Å². The first-order chi connectivity index (χ1) is 11.8. The summed E-state index contributed by atoms with van der Waals surface area (Å²) in [6, 6.07) is 12.6. The van der Waals surface area contributed by atoms with Crippen LogP contribution in [-0.2, 0) is 16.0 Å². The second-order valence-electron chi connectivity index (χ2n) is 6.08. The first-order valence-electron chi connectivity index (χ1n) is 8.52. The number of hydrogen-bond donors (Lipinski definition) is 1. The summed E-state index contributed by atoms with van der Waals surface area (Å²) in [6.07, 6.45) is 1.94. The zero-order chi connectivity index (χ0) is 16.8. The van der Waals surface area contributed by atoms with Crippen LogP contribution in [0.25, 0.3) is 0 Å². The van der Waals surface area contributed by atoms with Crippen LogP contribution in [0.15, 0.2) is 41.8 Å². The molecule has 5 heteroatoms. The second kappa shape index (κ2) is 8.42. The van der Waals surface area contributed by atoms with E-state index < -0.39 is 0 Å². The molecule has 0 bridgehead atoms. The summed E-state index contributed by atoms with van der Waals surface area (Å²) in [4.78, 5) is 16.3. The van der Waals surface area contributed by atoms with Crippen molar-refractivity contribution in [1.82, 2.24) is 4.90 Å². The van der Waals surface area contributed by atoms with Crippen LogP contribution in [0.2, 0.25) is 0 Å². The molecule has 2 aromatic rings. The lowest BCUT2D eigenvalue weighted by molar-refractivity contribution is -0.645. The van der Waals surface area contributed by atoms with Gasteiger partial charge >= 0.3 is 0 Å². The molecular weight excluding hydrogens is 320 g/mol. The maximum Gasteiger partial charge on any atom is 0.278 e. The van der Waals surface area contributed by atoms with Crippen LogP contribution in [0.1, 0.15) is 28.5 Å². The molecule has 3 rings (SSSR count). The minimum absolute atomic E-state index is 0.0566. The van der Waals surface area contributed by atoms with Crippen molar-refractivity contribution in [2.75, 3.05) is 33.4 Å². The zero-order valence-electron chi connectivity index (χ0n) is 14.1. The van der Waals surface area contributed by atoms with Gasteiger partial charge in [-0.1, -0.05) is 30.3 Å². The van der Waals surface area contributed by atoms with Gasteiger partial charge in [0.05, 0.1) is 19.2 Å². The number of carbonyl (C=O) groups is 1. The van der Waals surface area contributed by atoms with Crippen molar-refractivity contribution >= 4 is 17.2 Å². The molecular formula is C19H25N2O2S+. The van der Waals surface area contributed by atoms with E-state index in [0.29, 0.717) is 6.54 Å². The Kier molecular flexibility index (Phi) is 6.01. The van der Waals surface area contributed by atoms with Gasteiger partial charge < -0.3 is 15.0 Å². The van der Waals surface area contributed by atoms with E-state index in [9.17, 15) is 4.79 Å². The maximum absolute atomic E-state index is 12.8. The van der Waals surface area contributed by atoms with Gasteiger partial charge in [0, 0.05) is 25.0 Å². The molecule has 0 spiro atoms. The highest BCUT2D eigenvalue weighted by atomic mass is 32.1. The van der Waals surface area contributed by atoms with E-state index in [1.54, 1.807) is 18.4 Å². The molecule has 1 amide bonds. The first kappa shape index (κ1) is 17.1. The van der Waals surface area contributed by atoms with Crippen molar-refractivity contribution in [3.8, 4) is 0 Å². The third-order valence-electron chi connectivity index (χ3n) is 4.48. The molecule has 1 aromatic carbocycles. The Morgan fingerprint density at radius 3 is 2.96 bits per heavy atom. The van der Waals surface area contributed by atoms with Crippen molar-refractivity contribution in [3.05, 3.63) is 57.8 Å². The van der Waals surface area contributed by atoms with Crippen LogP contribution < -0.4 is 5.32 Å². The predicted octanol–water partition coefficient (Wildman–Crippen LogP) is 1.82. The fraction of sp³-hybridized carbons (Fsp3) is 0.421. The van der Waals surface area contributed by atoms with Crippen molar-refractivity contribution in [1.29, 1.82) is 0 Å². The number of rotatable bonds is 7. The standard InChI is InChI=1S/C19H24N2O2S/c1-23-12-5-10-20-14-18(22)21-11-8-17-16(9-13-24-17)19(21)15-6-3-2-4-7-15/h2-4,6-7,9,13,19-20H,5,8,10-12,14H2,1H3/p+1/t19-/m1/s1. The number of nitrogens with two attached hydrogens (primary N) is 1. The predicted molar refractivity (Wildman–Crippen MR) is 96.2 cm³/mol. The van der Waals surface area contributed by atoms with E-state index in [2.05, 4.69) is 45.9 Å². The number of fused-ring (bicyclic) bond motifs is 1. The second-order valence-corrected chi connectivity index (χ2v) is 7.08. The molecule has 24 heavy (non-hydrogen) atoms. The Morgan fingerprint density at radius 1 is 1.33 bits per heavy atom. The number of hydrogen-bond acceptors (Lipinski definition) is 3. The summed E-state index contributed by atoms with van der Waals surface area (Å²) in [7, 11) is 1.71. The van der Waals surface area contributed by atoms with Gasteiger partial charge in [-0.25, -0.2) is 0 Å². The molecule has 0 fully saturated rings. The van der Waals surface area contributed by atoms with Crippen LogP contribution in [0.5, 0.6) is 0 Å². The Balaban J connectivity index is 1.73. The van der Waals surface area contributed by atoms with Crippen LogP contribution in [-0.4, -0.2) is 44.2 Å². The minimum Gasteiger partial charge on any atom is -0.384 e. The van der Waals surface area contributed by atoms with Gasteiger partial charge in [0.25, 0.3) is 5.91 Å². The molecule has 0 saturated heterocycles. The monoisotopic (exact) mass is 345 g/mol. The molecule has 4 nitrogen and oxygen atoms in total. The lowest BCUT2D eigenvalue weighted by Crippen LogP contribution is -2.87. The van der Waals surface area contributed by atoms with Gasteiger partial charge in [-0.15, -0.1) is 11.3 Å². The van der Waals surface area contributed by atoms with Crippen LogP contribution in [0.3, 0.4) is 0 Å². The van der Waals surface area contributed by atoms with Crippen molar-refractivity contribution in [2.45, 2.75) is 18.9 Å². The molecule has 2 heterocycles. The SMILES string of the molecule is COCCC[NH2+]CC(=O)N1CCc2sccc2[C@H]1c1ccccc1. The highest BCUT2D eigenvalue weighted by Gasteiger charge is 2.32. The average molecular weight is 345 g/mol. The van der Waals surface area contributed by atoms with Crippen molar-refractivity contribution in [3.63, 3.8) is 0 Å². The molecule has 0 unspecified atom stereocenters. The molecule has 0 aliphatic carbocycles. The van der Waals surface area contributed by atoms with Gasteiger partial charge in [-0.2, -0.15) is 0 Å². The Morgan fingerprint density at radius 2 is 2.17 bits per heavy atom. The summed E-state index contributed by atoms with van der Waals surface area (Å²) in [5.74, 6) is 0.220. The van der Waals surface area contributed by atoms with E-state index in [0.717, 1.165) is 32.5 Å². The molecule has 0 saturated carbocycles. The fourth-order valence-electron chi connectivity index (χ4n) is 3.29. The molecule has 1 aliphatic heterocycles. The number of methoxy groups -OCH3 is 1. The Labute approximate surface area is 147 Å². The van der Waals surface area contributed by atoms with Crippen LogP contribution >= 0.6 is 11.3 Å². The summed E-state index contributed by atoms with van der Waals surface area (Å²) >= 11 is 1.80. The number of thiophene rings is 1. The number of quaternary nitrogens is 1. The van der Waals surface area contributed by atoms with E-state index in [1.165, 1.54) is 16.0 Å². The largest absolute Gasteiger partial charge is 0.384 e. The normalized spacial score (nSPS) is 16.9. The van der Waals surface area contributed by atoms with E-state index in [1.807, 2.05) is 6.07 Å². The van der Waals surface area contributed by atoms with E-state index in [4.69, 9.17) is 4.74 Å². The van der Waals surface area contributed by atoms with Gasteiger partial charge in [-0.3, -0.25) is 4.79 Å². The van der Waals surface area contributed by atoms with Crippen LogP contribution in [0.4, 0.5) is 0 Å². The first-order valence-corrected chi connectivity index (χ1v) is 9.40. The summed E-state index contributed by atoms with van der Waals surface area (Å²) in [6.45, 7) is 2.98. The number of benzene rings is 1. The summed E-state index contributed by atoms with van der Waals surface area (Å²) < 4.78 is 5.06. The molecule has 0 radical (unpaired) electrons. The Hall–Kier alpha value is -1.69. The number of nitrogens with zero attached hydrogens (tertiary/aromatic N) is 1. The number of ether oxygens (including phenoxy) is 1. The van der Waals surface area contributed by atoms with Crippen molar-refractivity contribution in [2.24, 2.45) is 0 Å². The molecule has 2 N–H and O–H groups in total.